The summed E-state index contributed by atoms with van der Waals surface area (Å²) in [4.78, 5) is 34.1. The van der Waals surface area contributed by atoms with E-state index in [0.29, 0.717) is 54.8 Å². The number of anilines is 2. The Bertz CT molecular complexity index is 959. The summed E-state index contributed by atoms with van der Waals surface area (Å²) in [6.45, 7) is 5.73. The third kappa shape index (κ3) is 4.56. The normalized spacial score (nSPS) is 19.9. The van der Waals surface area contributed by atoms with E-state index in [1.54, 1.807) is 19.4 Å². The molecule has 11 heteroatoms. The Balaban J connectivity index is 0.00000124. The second-order valence-corrected chi connectivity index (χ2v) is 6.66. The van der Waals surface area contributed by atoms with Crippen molar-refractivity contribution in [2.45, 2.75) is 32.9 Å². The summed E-state index contributed by atoms with van der Waals surface area (Å²) in [6.07, 6.45) is 2.68. The van der Waals surface area contributed by atoms with Crippen molar-refractivity contribution in [3.05, 3.63) is 17.3 Å². The SMILES string of the molecule is CC.COCCNc1nc(N2CC[C@@H](F)C2)n2ncc(/C=C3\CC(=O)NC3=O)c2n1. The molecule has 0 saturated carbocycles. The van der Waals surface area contributed by atoms with Gasteiger partial charge in [-0.25, -0.2) is 4.39 Å². The summed E-state index contributed by atoms with van der Waals surface area (Å²) in [5, 5.41) is 9.65. The van der Waals surface area contributed by atoms with Crippen LogP contribution >= 0.6 is 0 Å². The summed E-state index contributed by atoms with van der Waals surface area (Å²) in [5.74, 6) is 0.0727. The van der Waals surface area contributed by atoms with Crippen molar-refractivity contribution >= 4 is 35.4 Å². The number of fused-ring (bicyclic) bond motifs is 1. The Hall–Kier alpha value is -3.08. The van der Waals surface area contributed by atoms with Crippen LogP contribution in [0.5, 0.6) is 0 Å². The van der Waals surface area contributed by atoms with Gasteiger partial charge in [0.05, 0.1) is 25.8 Å². The lowest BCUT2D eigenvalue weighted by molar-refractivity contribution is -0.124. The van der Waals surface area contributed by atoms with Gasteiger partial charge in [-0.2, -0.15) is 19.6 Å². The molecule has 4 heterocycles. The minimum absolute atomic E-state index is 0.0166. The number of carbonyl (C=O) groups excluding carboxylic acids is 2. The quantitative estimate of drug-likeness (QED) is 0.408. The summed E-state index contributed by atoms with van der Waals surface area (Å²) in [6, 6.07) is 0. The van der Waals surface area contributed by atoms with Crippen molar-refractivity contribution in [2.24, 2.45) is 0 Å². The molecule has 2 aliphatic rings. The van der Waals surface area contributed by atoms with Crippen LogP contribution in [0.3, 0.4) is 0 Å². The molecular formula is C19H26FN7O3. The van der Waals surface area contributed by atoms with Gasteiger partial charge in [-0.1, -0.05) is 13.8 Å². The van der Waals surface area contributed by atoms with Crippen LogP contribution in [0.25, 0.3) is 11.7 Å². The zero-order chi connectivity index (χ0) is 21.7. The molecule has 0 spiro atoms. The number of alkyl halides is 1. The number of aromatic nitrogens is 4. The van der Waals surface area contributed by atoms with Gasteiger partial charge in [0.2, 0.25) is 17.8 Å². The first-order valence-electron chi connectivity index (χ1n) is 9.97. The number of nitrogens with one attached hydrogen (secondary N) is 2. The van der Waals surface area contributed by atoms with E-state index in [1.165, 1.54) is 4.52 Å². The number of rotatable bonds is 6. The molecule has 2 N–H and O–H groups in total. The van der Waals surface area contributed by atoms with E-state index in [-0.39, 0.29) is 18.9 Å². The molecule has 2 aromatic rings. The first-order chi connectivity index (χ1) is 14.5. The molecule has 2 aliphatic heterocycles. The molecule has 0 aliphatic carbocycles. The van der Waals surface area contributed by atoms with Gasteiger partial charge < -0.3 is 15.0 Å². The summed E-state index contributed by atoms with van der Waals surface area (Å²) in [5.41, 5.74) is 1.39. The predicted octanol–water partition coefficient (Wildman–Crippen LogP) is 1.19. The average molecular weight is 419 g/mol. The maximum atomic E-state index is 13.7. The molecule has 30 heavy (non-hydrogen) atoms. The monoisotopic (exact) mass is 419 g/mol. The van der Waals surface area contributed by atoms with Gasteiger partial charge in [0.1, 0.15) is 6.17 Å². The number of imide groups is 1. The number of hydrogen-bond donors (Lipinski definition) is 2. The molecule has 4 rings (SSSR count). The second-order valence-electron chi connectivity index (χ2n) is 6.66. The van der Waals surface area contributed by atoms with E-state index in [4.69, 9.17) is 4.74 Å². The number of hydrogen-bond acceptors (Lipinski definition) is 8. The van der Waals surface area contributed by atoms with Gasteiger partial charge in [-0.3, -0.25) is 14.9 Å². The van der Waals surface area contributed by atoms with Crippen molar-refractivity contribution < 1.29 is 18.7 Å². The topological polar surface area (TPSA) is 114 Å². The zero-order valence-corrected chi connectivity index (χ0v) is 17.3. The maximum Gasteiger partial charge on any atom is 0.254 e. The van der Waals surface area contributed by atoms with Crippen molar-refractivity contribution in [3.63, 3.8) is 0 Å². The number of halogens is 1. The fourth-order valence-corrected chi connectivity index (χ4v) is 3.24. The lowest BCUT2D eigenvalue weighted by Gasteiger charge is -2.18. The fraction of sp³-hybridized carbons (Fsp3) is 0.526. The van der Waals surface area contributed by atoms with Gasteiger partial charge in [0.15, 0.2) is 5.65 Å². The fourth-order valence-electron chi connectivity index (χ4n) is 3.24. The van der Waals surface area contributed by atoms with E-state index >= 15 is 0 Å². The highest BCUT2D eigenvalue weighted by atomic mass is 19.1. The van der Waals surface area contributed by atoms with Crippen LogP contribution in [-0.4, -0.2) is 70.9 Å². The van der Waals surface area contributed by atoms with Gasteiger partial charge in [-0.15, -0.1) is 0 Å². The van der Waals surface area contributed by atoms with Crippen LogP contribution in [0.2, 0.25) is 0 Å². The standard InChI is InChI=1S/C17H20FN7O3.C2H6/c1-28-5-3-19-16-22-14-11(6-10-7-13(26)21-15(10)27)8-20-25(14)17(23-16)24-4-2-12(18)9-24;1-2/h6,8,12H,2-5,7,9H2,1H3,(H,19,22)(H,21,26,27);1-2H3/b10-6+;/t12-;/m1./s1. The van der Waals surface area contributed by atoms with Gasteiger partial charge >= 0.3 is 0 Å². The highest BCUT2D eigenvalue weighted by Crippen LogP contribution is 2.25. The van der Waals surface area contributed by atoms with Crippen LogP contribution in [-0.2, 0) is 14.3 Å². The van der Waals surface area contributed by atoms with E-state index in [1.807, 2.05) is 18.7 Å². The van der Waals surface area contributed by atoms with Gasteiger partial charge in [0, 0.05) is 31.3 Å². The third-order valence-corrected chi connectivity index (χ3v) is 4.61. The molecule has 1 atom stereocenters. The molecule has 2 saturated heterocycles. The summed E-state index contributed by atoms with van der Waals surface area (Å²) in [7, 11) is 1.60. The van der Waals surface area contributed by atoms with Crippen LogP contribution < -0.4 is 15.5 Å². The molecule has 2 amide bonds. The highest BCUT2D eigenvalue weighted by molar-refractivity contribution is 6.15. The predicted molar refractivity (Wildman–Crippen MR) is 110 cm³/mol. The van der Waals surface area contributed by atoms with Crippen molar-refractivity contribution in [2.75, 3.05) is 43.6 Å². The molecule has 10 nitrogen and oxygen atoms in total. The number of nitrogens with zero attached hydrogens (tertiary/aromatic N) is 5. The van der Waals surface area contributed by atoms with Crippen molar-refractivity contribution in [3.8, 4) is 0 Å². The third-order valence-electron chi connectivity index (χ3n) is 4.61. The molecule has 0 bridgehead atoms. The van der Waals surface area contributed by atoms with E-state index in [0.717, 1.165) is 0 Å². The van der Waals surface area contributed by atoms with Gasteiger partial charge in [0.25, 0.3) is 5.91 Å². The number of amides is 2. The van der Waals surface area contributed by atoms with E-state index in [2.05, 4.69) is 25.7 Å². The lowest BCUT2D eigenvalue weighted by Crippen LogP contribution is -2.25. The van der Waals surface area contributed by atoms with E-state index in [9.17, 15) is 14.0 Å². The van der Waals surface area contributed by atoms with Crippen LogP contribution in [0.15, 0.2) is 11.8 Å². The number of ether oxygens (including phenoxy) is 1. The Morgan fingerprint density at radius 1 is 1.37 bits per heavy atom. The molecule has 0 radical (unpaired) electrons. The number of carbonyl (C=O) groups is 2. The molecule has 2 aromatic heterocycles. The van der Waals surface area contributed by atoms with Crippen molar-refractivity contribution in [1.29, 1.82) is 0 Å². The highest BCUT2D eigenvalue weighted by Gasteiger charge is 2.27. The van der Waals surface area contributed by atoms with Crippen LogP contribution in [0, 0.1) is 0 Å². The van der Waals surface area contributed by atoms with E-state index < -0.39 is 12.1 Å². The summed E-state index contributed by atoms with van der Waals surface area (Å²) < 4.78 is 20.3. The largest absolute Gasteiger partial charge is 0.383 e. The van der Waals surface area contributed by atoms with Crippen molar-refractivity contribution in [1.82, 2.24) is 24.9 Å². The van der Waals surface area contributed by atoms with Crippen LogP contribution in [0.4, 0.5) is 16.3 Å². The summed E-state index contributed by atoms with van der Waals surface area (Å²) >= 11 is 0. The number of methoxy groups -OCH3 is 1. The smallest absolute Gasteiger partial charge is 0.254 e. The molecule has 162 valence electrons. The minimum Gasteiger partial charge on any atom is -0.383 e. The molecule has 2 fully saturated rings. The Kier molecular flexibility index (Phi) is 6.93. The second kappa shape index (κ2) is 9.61. The van der Waals surface area contributed by atoms with Crippen LogP contribution in [0.1, 0.15) is 32.3 Å². The zero-order valence-electron chi connectivity index (χ0n) is 17.3. The average Bonchev–Trinajstić information content (AvgIpc) is 3.43. The minimum atomic E-state index is -0.916. The Labute approximate surface area is 173 Å². The molecule has 0 aromatic carbocycles. The molecular weight excluding hydrogens is 393 g/mol. The first-order valence-corrected chi connectivity index (χ1v) is 9.97. The lowest BCUT2D eigenvalue weighted by atomic mass is 10.1. The first kappa shape index (κ1) is 21.6. The Morgan fingerprint density at radius 3 is 2.80 bits per heavy atom. The Morgan fingerprint density at radius 2 is 2.17 bits per heavy atom. The maximum absolute atomic E-state index is 13.7. The molecule has 0 unspecified atom stereocenters. The van der Waals surface area contributed by atoms with Gasteiger partial charge in [-0.05, 0) is 12.5 Å².